The van der Waals surface area contributed by atoms with Crippen LogP contribution in [0.4, 0.5) is 4.79 Å². The van der Waals surface area contributed by atoms with Crippen molar-refractivity contribution in [3.8, 4) is 0 Å². The summed E-state index contributed by atoms with van der Waals surface area (Å²) >= 11 is 0. The number of rotatable bonds is 5. The number of carbonyl (C=O) groups is 1. The zero-order valence-electron chi connectivity index (χ0n) is 13.5. The summed E-state index contributed by atoms with van der Waals surface area (Å²) < 4.78 is 7.79. The summed E-state index contributed by atoms with van der Waals surface area (Å²) in [6.45, 7) is 1.30. The van der Waals surface area contributed by atoms with Gasteiger partial charge in [0.2, 0.25) is 0 Å². The van der Waals surface area contributed by atoms with Crippen molar-refractivity contribution >= 4 is 6.03 Å². The van der Waals surface area contributed by atoms with E-state index < -0.39 is 0 Å². The summed E-state index contributed by atoms with van der Waals surface area (Å²) in [6, 6.07) is 8.29. The second-order valence-electron chi connectivity index (χ2n) is 6.60. The van der Waals surface area contributed by atoms with E-state index >= 15 is 0 Å². The number of urea groups is 1. The average molecular weight is 326 g/mol. The van der Waals surface area contributed by atoms with Gasteiger partial charge < -0.3 is 19.9 Å². The predicted octanol–water partition coefficient (Wildman–Crippen LogP) is 2.05. The first-order valence-corrected chi connectivity index (χ1v) is 8.49. The first-order chi connectivity index (χ1) is 11.8. The number of nitrogens with one attached hydrogen (secondary N) is 2. The van der Waals surface area contributed by atoms with Crippen LogP contribution in [-0.4, -0.2) is 33.8 Å². The molecule has 2 aliphatic heterocycles. The maximum absolute atomic E-state index is 12.1. The molecule has 6 nitrogen and oxygen atoms in total. The van der Waals surface area contributed by atoms with E-state index in [0.717, 1.165) is 31.4 Å². The molecule has 126 valence electrons. The summed E-state index contributed by atoms with van der Waals surface area (Å²) in [7, 11) is 0. The predicted molar refractivity (Wildman–Crippen MR) is 89.4 cm³/mol. The SMILES string of the molecule is O=C(NCc1cccc(Cn2ccnc2)c1)NC1CC2CCC1O2. The van der Waals surface area contributed by atoms with Crippen LogP contribution >= 0.6 is 0 Å². The third kappa shape index (κ3) is 3.43. The van der Waals surface area contributed by atoms with Crippen molar-refractivity contribution in [2.24, 2.45) is 0 Å². The molecule has 0 radical (unpaired) electrons. The Labute approximate surface area is 141 Å². The van der Waals surface area contributed by atoms with E-state index in [1.807, 2.05) is 22.9 Å². The molecule has 6 heteroatoms. The van der Waals surface area contributed by atoms with Crippen LogP contribution < -0.4 is 10.6 Å². The highest BCUT2D eigenvalue weighted by Crippen LogP contribution is 2.34. The lowest BCUT2D eigenvalue weighted by Crippen LogP contribution is -2.46. The van der Waals surface area contributed by atoms with Crippen LogP contribution in [0.25, 0.3) is 0 Å². The van der Waals surface area contributed by atoms with E-state index in [4.69, 9.17) is 4.74 Å². The van der Waals surface area contributed by atoms with Crippen molar-refractivity contribution < 1.29 is 9.53 Å². The minimum absolute atomic E-state index is 0.115. The van der Waals surface area contributed by atoms with Crippen LogP contribution in [0.1, 0.15) is 30.4 Å². The zero-order valence-corrected chi connectivity index (χ0v) is 13.5. The van der Waals surface area contributed by atoms with Crippen molar-refractivity contribution in [3.05, 3.63) is 54.1 Å². The molecule has 4 rings (SSSR count). The topological polar surface area (TPSA) is 68.2 Å². The third-order valence-corrected chi connectivity index (χ3v) is 4.79. The van der Waals surface area contributed by atoms with Crippen LogP contribution in [0.2, 0.25) is 0 Å². The molecule has 3 atom stereocenters. The Morgan fingerprint density at radius 1 is 1.33 bits per heavy atom. The Morgan fingerprint density at radius 2 is 2.25 bits per heavy atom. The average Bonchev–Trinajstić information content (AvgIpc) is 3.31. The van der Waals surface area contributed by atoms with Gasteiger partial charge in [-0.05, 0) is 30.4 Å². The normalized spacial score (nSPS) is 24.9. The minimum atomic E-state index is -0.115. The second kappa shape index (κ2) is 6.65. The minimum Gasteiger partial charge on any atom is -0.373 e. The molecular weight excluding hydrogens is 304 g/mol. The third-order valence-electron chi connectivity index (χ3n) is 4.79. The summed E-state index contributed by atoms with van der Waals surface area (Å²) in [5, 5.41) is 5.99. The molecule has 2 bridgehead atoms. The smallest absolute Gasteiger partial charge is 0.315 e. The van der Waals surface area contributed by atoms with E-state index in [1.165, 1.54) is 5.56 Å². The van der Waals surface area contributed by atoms with Gasteiger partial charge in [0, 0.05) is 25.5 Å². The molecule has 2 aromatic rings. The van der Waals surface area contributed by atoms with Crippen molar-refractivity contribution in [3.63, 3.8) is 0 Å². The number of ether oxygens (including phenoxy) is 1. The van der Waals surface area contributed by atoms with Crippen LogP contribution in [0, 0.1) is 0 Å². The van der Waals surface area contributed by atoms with Crippen molar-refractivity contribution in [1.82, 2.24) is 20.2 Å². The van der Waals surface area contributed by atoms with Gasteiger partial charge in [0.1, 0.15) is 0 Å². The van der Waals surface area contributed by atoms with Gasteiger partial charge in [0.25, 0.3) is 0 Å². The molecule has 0 saturated carbocycles. The van der Waals surface area contributed by atoms with Gasteiger partial charge in [-0.3, -0.25) is 0 Å². The first kappa shape index (κ1) is 15.2. The molecule has 3 heterocycles. The quantitative estimate of drug-likeness (QED) is 0.883. The lowest BCUT2D eigenvalue weighted by atomic mass is 9.96. The van der Waals surface area contributed by atoms with E-state index in [9.17, 15) is 4.79 Å². The number of fused-ring (bicyclic) bond motifs is 2. The molecule has 2 saturated heterocycles. The van der Waals surface area contributed by atoms with E-state index in [2.05, 4.69) is 27.8 Å². The Kier molecular flexibility index (Phi) is 4.21. The van der Waals surface area contributed by atoms with Gasteiger partial charge in [-0.2, -0.15) is 0 Å². The first-order valence-electron chi connectivity index (χ1n) is 8.49. The molecule has 0 spiro atoms. The van der Waals surface area contributed by atoms with Crippen LogP contribution in [0.5, 0.6) is 0 Å². The van der Waals surface area contributed by atoms with E-state index in [1.54, 1.807) is 12.5 Å². The van der Waals surface area contributed by atoms with Crippen LogP contribution in [-0.2, 0) is 17.8 Å². The zero-order chi connectivity index (χ0) is 16.4. The number of aromatic nitrogens is 2. The molecule has 1 aromatic heterocycles. The van der Waals surface area contributed by atoms with Crippen LogP contribution in [0.3, 0.4) is 0 Å². The molecule has 2 N–H and O–H groups in total. The fourth-order valence-corrected chi connectivity index (χ4v) is 3.62. The molecule has 24 heavy (non-hydrogen) atoms. The highest BCUT2D eigenvalue weighted by atomic mass is 16.5. The lowest BCUT2D eigenvalue weighted by Gasteiger charge is -2.20. The fraction of sp³-hybridized carbons (Fsp3) is 0.444. The summed E-state index contributed by atoms with van der Waals surface area (Å²) in [5.41, 5.74) is 2.28. The maximum atomic E-state index is 12.1. The van der Waals surface area contributed by atoms with Gasteiger partial charge in [-0.25, -0.2) is 9.78 Å². The van der Waals surface area contributed by atoms with Gasteiger partial charge >= 0.3 is 6.03 Å². The number of nitrogens with zero attached hydrogens (tertiary/aromatic N) is 2. The molecule has 1 aromatic carbocycles. The maximum Gasteiger partial charge on any atom is 0.315 e. The lowest BCUT2D eigenvalue weighted by molar-refractivity contribution is 0.0981. The van der Waals surface area contributed by atoms with E-state index in [0.29, 0.717) is 12.6 Å². The van der Waals surface area contributed by atoms with Gasteiger partial charge in [0.15, 0.2) is 0 Å². The number of imidazole rings is 1. The molecule has 2 fully saturated rings. The highest BCUT2D eigenvalue weighted by molar-refractivity contribution is 5.74. The largest absolute Gasteiger partial charge is 0.373 e. The molecule has 0 aliphatic carbocycles. The van der Waals surface area contributed by atoms with Gasteiger partial charge in [-0.1, -0.05) is 24.3 Å². The Balaban J connectivity index is 1.28. The van der Waals surface area contributed by atoms with Crippen molar-refractivity contribution in [2.45, 2.75) is 50.6 Å². The second-order valence-corrected chi connectivity index (χ2v) is 6.60. The summed E-state index contributed by atoms with van der Waals surface area (Å²) in [5.74, 6) is 0. The van der Waals surface area contributed by atoms with Gasteiger partial charge in [0.05, 0.1) is 24.6 Å². The van der Waals surface area contributed by atoms with Crippen molar-refractivity contribution in [2.75, 3.05) is 0 Å². The summed E-state index contributed by atoms with van der Waals surface area (Å²) in [6.07, 6.45) is 9.21. The molecular formula is C18H22N4O2. The molecule has 3 unspecified atom stereocenters. The van der Waals surface area contributed by atoms with Gasteiger partial charge in [-0.15, -0.1) is 0 Å². The van der Waals surface area contributed by atoms with Crippen molar-refractivity contribution in [1.29, 1.82) is 0 Å². The van der Waals surface area contributed by atoms with E-state index in [-0.39, 0.29) is 18.2 Å². The highest BCUT2D eigenvalue weighted by Gasteiger charge is 2.41. The standard InChI is InChI=1S/C18H22N4O2/c23-18(21-16-9-15-4-5-17(16)24-15)20-10-13-2-1-3-14(8-13)11-22-7-6-19-12-22/h1-3,6-8,12,15-17H,4-5,9-11H2,(H2,20,21,23). The Hall–Kier alpha value is -2.34. The number of amides is 2. The molecule has 2 amide bonds. The number of hydrogen-bond acceptors (Lipinski definition) is 3. The Morgan fingerprint density at radius 3 is 3.00 bits per heavy atom. The number of hydrogen-bond donors (Lipinski definition) is 2. The number of benzene rings is 1. The molecule has 2 aliphatic rings. The Bertz CT molecular complexity index is 701. The fourth-order valence-electron chi connectivity index (χ4n) is 3.62. The van der Waals surface area contributed by atoms with Crippen LogP contribution in [0.15, 0.2) is 43.0 Å². The summed E-state index contributed by atoms with van der Waals surface area (Å²) in [4.78, 5) is 16.2. The number of carbonyl (C=O) groups excluding carboxylic acids is 1. The monoisotopic (exact) mass is 326 g/mol.